The van der Waals surface area contributed by atoms with Crippen LogP contribution in [-0.4, -0.2) is 45.0 Å². The van der Waals surface area contributed by atoms with Crippen LogP contribution in [0.5, 0.6) is 0 Å². The zero-order chi connectivity index (χ0) is 18.7. The first-order valence-electron chi connectivity index (χ1n) is 8.60. The number of rotatable bonds is 4. The lowest BCUT2D eigenvalue weighted by Gasteiger charge is -2.32. The molecule has 2 heterocycles. The third-order valence-corrected chi connectivity index (χ3v) is 4.22. The fourth-order valence-corrected chi connectivity index (χ4v) is 2.91. The van der Waals surface area contributed by atoms with E-state index < -0.39 is 0 Å². The highest BCUT2D eigenvalue weighted by Crippen LogP contribution is 2.23. The van der Waals surface area contributed by atoms with E-state index in [-0.39, 0.29) is 29.1 Å². The van der Waals surface area contributed by atoms with E-state index >= 15 is 0 Å². The molecular formula is C19H23N5O2. The predicted octanol–water partition coefficient (Wildman–Crippen LogP) is 2.54. The van der Waals surface area contributed by atoms with Gasteiger partial charge in [-0.15, -0.1) is 10.2 Å². The van der Waals surface area contributed by atoms with Crippen LogP contribution in [0.2, 0.25) is 0 Å². The fourth-order valence-electron chi connectivity index (χ4n) is 2.91. The highest BCUT2D eigenvalue weighted by Gasteiger charge is 2.36. The van der Waals surface area contributed by atoms with Crippen LogP contribution in [0, 0.1) is 0 Å². The Bertz CT molecular complexity index is 784. The van der Waals surface area contributed by atoms with Gasteiger partial charge in [0.2, 0.25) is 5.91 Å². The van der Waals surface area contributed by atoms with Gasteiger partial charge in [0, 0.05) is 24.2 Å². The van der Waals surface area contributed by atoms with Crippen molar-refractivity contribution in [3.8, 4) is 0 Å². The normalized spacial score (nSPS) is 17.3. The van der Waals surface area contributed by atoms with Crippen molar-refractivity contribution in [1.82, 2.24) is 15.1 Å². The van der Waals surface area contributed by atoms with E-state index in [4.69, 9.17) is 0 Å². The molecule has 2 amide bonds. The lowest BCUT2D eigenvalue weighted by molar-refractivity contribution is -0.131. The van der Waals surface area contributed by atoms with Crippen LogP contribution in [-0.2, 0) is 4.79 Å². The first-order chi connectivity index (χ1) is 12.3. The van der Waals surface area contributed by atoms with Crippen molar-refractivity contribution in [3.05, 3.63) is 48.2 Å². The topological polar surface area (TPSA) is 87.2 Å². The van der Waals surface area contributed by atoms with Gasteiger partial charge in [-0.2, -0.15) is 0 Å². The third-order valence-electron chi connectivity index (χ3n) is 4.22. The van der Waals surface area contributed by atoms with Gasteiger partial charge in [0.1, 0.15) is 5.82 Å². The van der Waals surface area contributed by atoms with Crippen molar-refractivity contribution in [3.63, 3.8) is 0 Å². The Kier molecular flexibility index (Phi) is 4.88. The molecule has 1 aromatic carbocycles. The molecule has 1 aliphatic heterocycles. The second-order valence-corrected chi connectivity index (χ2v) is 7.34. The Balaban J connectivity index is 1.60. The Morgan fingerprint density at radius 1 is 1.12 bits per heavy atom. The molecule has 1 fully saturated rings. The number of nitrogens with one attached hydrogen (secondary N) is 2. The van der Waals surface area contributed by atoms with E-state index in [1.807, 2.05) is 43.9 Å². The summed E-state index contributed by atoms with van der Waals surface area (Å²) < 4.78 is 0. The van der Waals surface area contributed by atoms with Crippen molar-refractivity contribution >= 4 is 23.3 Å². The van der Waals surface area contributed by atoms with Crippen LogP contribution in [0.4, 0.5) is 11.5 Å². The number of carbonyl (C=O) groups excluding carboxylic acids is 2. The van der Waals surface area contributed by atoms with E-state index in [0.29, 0.717) is 24.5 Å². The third kappa shape index (κ3) is 4.17. The van der Waals surface area contributed by atoms with Gasteiger partial charge in [0.15, 0.2) is 5.69 Å². The van der Waals surface area contributed by atoms with Crippen LogP contribution >= 0.6 is 0 Å². The lowest BCUT2D eigenvalue weighted by Crippen LogP contribution is -2.43. The molecular weight excluding hydrogens is 330 g/mol. The Labute approximate surface area is 152 Å². The molecule has 1 aromatic heterocycles. The van der Waals surface area contributed by atoms with Gasteiger partial charge in [0.25, 0.3) is 5.91 Å². The molecule has 2 aromatic rings. The summed E-state index contributed by atoms with van der Waals surface area (Å²) >= 11 is 0. The first-order valence-corrected chi connectivity index (χ1v) is 8.60. The van der Waals surface area contributed by atoms with E-state index in [1.54, 1.807) is 24.3 Å². The minimum atomic E-state index is -0.315. The number of carbonyl (C=O) groups is 2. The maximum atomic E-state index is 12.2. The zero-order valence-electron chi connectivity index (χ0n) is 15.2. The molecule has 136 valence electrons. The van der Waals surface area contributed by atoms with E-state index in [9.17, 15) is 9.59 Å². The minimum absolute atomic E-state index is 0.0139. The molecule has 0 radical (unpaired) electrons. The van der Waals surface area contributed by atoms with Crippen LogP contribution in [0.3, 0.4) is 0 Å². The van der Waals surface area contributed by atoms with Gasteiger partial charge in [-0.05, 0) is 45.0 Å². The number of benzene rings is 1. The average molecular weight is 353 g/mol. The molecule has 0 saturated carbocycles. The van der Waals surface area contributed by atoms with E-state index in [2.05, 4.69) is 20.8 Å². The van der Waals surface area contributed by atoms with Crippen molar-refractivity contribution < 1.29 is 9.59 Å². The lowest BCUT2D eigenvalue weighted by atomic mass is 10.1. The number of nitrogens with zero attached hydrogens (tertiary/aromatic N) is 3. The highest BCUT2D eigenvalue weighted by molar-refractivity contribution is 6.02. The number of aromatic nitrogens is 2. The molecule has 1 atom stereocenters. The van der Waals surface area contributed by atoms with Crippen LogP contribution in [0.15, 0.2) is 42.5 Å². The maximum Gasteiger partial charge on any atom is 0.276 e. The predicted molar refractivity (Wildman–Crippen MR) is 99.9 cm³/mol. The van der Waals surface area contributed by atoms with Crippen molar-refractivity contribution in [2.75, 3.05) is 17.2 Å². The Morgan fingerprint density at radius 2 is 1.85 bits per heavy atom. The summed E-state index contributed by atoms with van der Waals surface area (Å²) in [6, 6.07) is 12.5. The summed E-state index contributed by atoms with van der Waals surface area (Å²) in [5, 5.41) is 14.0. The molecule has 1 aliphatic rings. The van der Waals surface area contributed by atoms with Gasteiger partial charge in [-0.25, -0.2) is 0 Å². The van der Waals surface area contributed by atoms with Gasteiger partial charge < -0.3 is 15.5 Å². The summed E-state index contributed by atoms with van der Waals surface area (Å²) in [4.78, 5) is 26.2. The molecule has 0 spiro atoms. The number of anilines is 2. The molecule has 7 heteroatoms. The molecule has 3 rings (SSSR count). The van der Waals surface area contributed by atoms with Gasteiger partial charge >= 0.3 is 0 Å². The van der Waals surface area contributed by atoms with E-state index in [0.717, 1.165) is 0 Å². The zero-order valence-corrected chi connectivity index (χ0v) is 15.2. The summed E-state index contributed by atoms with van der Waals surface area (Å²) in [5.41, 5.74) is 0.741. The van der Waals surface area contributed by atoms with Gasteiger partial charge in [0.05, 0.1) is 6.04 Å². The summed E-state index contributed by atoms with van der Waals surface area (Å²) in [5.74, 6) is 0.363. The first kappa shape index (κ1) is 17.8. The van der Waals surface area contributed by atoms with E-state index in [1.165, 1.54) is 0 Å². The van der Waals surface area contributed by atoms with Crippen LogP contribution in [0.1, 0.15) is 37.7 Å². The van der Waals surface area contributed by atoms with Crippen molar-refractivity contribution in [1.29, 1.82) is 0 Å². The molecule has 1 unspecified atom stereocenters. The standard InChI is InChI=1S/C19H23N5O2/c1-19(2,3)24-12-14(11-17(24)25)20-16-10-9-15(22-23-16)18(26)21-13-7-5-4-6-8-13/h4-10,14H,11-12H2,1-3H3,(H,20,23)(H,21,26). The molecule has 0 bridgehead atoms. The number of amides is 2. The van der Waals surface area contributed by atoms with Gasteiger partial charge in [-0.3, -0.25) is 9.59 Å². The Hall–Kier alpha value is -2.96. The summed E-state index contributed by atoms with van der Waals surface area (Å²) in [6.45, 7) is 6.69. The van der Waals surface area contributed by atoms with Crippen molar-refractivity contribution in [2.24, 2.45) is 0 Å². The van der Waals surface area contributed by atoms with Gasteiger partial charge in [-0.1, -0.05) is 18.2 Å². The highest BCUT2D eigenvalue weighted by atomic mass is 16.2. The SMILES string of the molecule is CC(C)(C)N1CC(Nc2ccc(C(=O)Nc3ccccc3)nn2)CC1=O. The smallest absolute Gasteiger partial charge is 0.276 e. The monoisotopic (exact) mass is 353 g/mol. The molecule has 7 nitrogen and oxygen atoms in total. The minimum Gasteiger partial charge on any atom is -0.364 e. The molecule has 1 saturated heterocycles. The second kappa shape index (κ2) is 7.11. The fraction of sp³-hybridized carbons (Fsp3) is 0.368. The maximum absolute atomic E-state index is 12.2. The molecule has 0 aliphatic carbocycles. The van der Waals surface area contributed by atoms with Crippen molar-refractivity contribution in [2.45, 2.75) is 38.8 Å². The number of likely N-dealkylation sites (tertiary alicyclic amines) is 1. The second-order valence-electron chi connectivity index (χ2n) is 7.34. The average Bonchev–Trinajstić information content (AvgIpc) is 2.97. The summed E-state index contributed by atoms with van der Waals surface area (Å²) in [7, 11) is 0. The summed E-state index contributed by atoms with van der Waals surface area (Å²) in [6.07, 6.45) is 0.426. The largest absolute Gasteiger partial charge is 0.364 e. The quantitative estimate of drug-likeness (QED) is 0.882. The molecule has 26 heavy (non-hydrogen) atoms. The molecule has 2 N–H and O–H groups in total. The van der Waals surface area contributed by atoms with Crippen LogP contribution < -0.4 is 10.6 Å². The Morgan fingerprint density at radius 3 is 2.42 bits per heavy atom. The number of hydrogen-bond acceptors (Lipinski definition) is 5. The van der Waals surface area contributed by atoms with Crippen LogP contribution in [0.25, 0.3) is 0 Å². The number of para-hydroxylation sites is 1. The number of hydrogen-bond donors (Lipinski definition) is 2.